The van der Waals surface area contributed by atoms with Crippen LogP contribution in [0.15, 0.2) is 18.2 Å². The average Bonchev–Trinajstić information content (AvgIpc) is 2.97. The van der Waals surface area contributed by atoms with Gasteiger partial charge in [0.05, 0.1) is 6.42 Å². The molecule has 1 N–H and O–H groups in total. The molecule has 0 radical (unpaired) electrons. The maximum absolute atomic E-state index is 12.3. The van der Waals surface area contributed by atoms with Crippen LogP contribution in [0.4, 0.5) is 0 Å². The highest BCUT2D eigenvalue weighted by atomic mass is 35.5. The molecule has 0 amide bonds. The number of carboxylic acids is 1. The molecule has 0 spiro atoms. The van der Waals surface area contributed by atoms with Gasteiger partial charge in [-0.25, -0.2) is 4.79 Å². The second-order valence-corrected chi connectivity index (χ2v) is 7.72. The number of esters is 1. The van der Waals surface area contributed by atoms with Crippen LogP contribution in [0, 0.1) is 11.8 Å². The van der Waals surface area contributed by atoms with Crippen molar-refractivity contribution >= 4 is 35.1 Å². The fourth-order valence-electron chi connectivity index (χ4n) is 4.11. The molecule has 0 aliphatic heterocycles. The van der Waals surface area contributed by atoms with Crippen LogP contribution in [-0.2, 0) is 20.7 Å². The molecule has 3 rings (SSSR count). The number of ether oxygens (including phenoxy) is 1. The maximum atomic E-state index is 12.3. The van der Waals surface area contributed by atoms with Crippen LogP contribution in [0.1, 0.15) is 44.1 Å². The number of hydrogen-bond acceptors (Lipinski definition) is 3. The number of aliphatic carboxylic acids is 1. The number of rotatable bonds is 4. The van der Waals surface area contributed by atoms with Crippen LogP contribution >= 0.6 is 23.2 Å². The molecule has 6 heteroatoms. The van der Waals surface area contributed by atoms with E-state index in [0.29, 0.717) is 40.3 Å². The third-order valence-electron chi connectivity index (χ3n) is 5.38. The van der Waals surface area contributed by atoms with Gasteiger partial charge in [-0.3, -0.25) is 4.79 Å². The van der Waals surface area contributed by atoms with E-state index in [9.17, 15) is 14.7 Å². The molecular weight excluding hydrogens is 351 g/mol. The lowest BCUT2D eigenvalue weighted by molar-refractivity contribution is -0.185. The van der Waals surface area contributed by atoms with Crippen molar-refractivity contribution in [3.8, 4) is 0 Å². The topological polar surface area (TPSA) is 63.6 Å². The van der Waals surface area contributed by atoms with Gasteiger partial charge in [-0.05, 0) is 42.4 Å². The fraction of sp³-hybridized carbons (Fsp3) is 0.556. The Hall–Kier alpha value is -1.26. The monoisotopic (exact) mass is 370 g/mol. The van der Waals surface area contributed by atoms with E-state index in [1.54, 1.807) is 18.2 Å². The summed E-state index contributed by atoms with van der Waals surface area (Å²) >= 11 is 11.9. The molecule has 2 aliphatic rings. The molecule has 0 heterocycles. The molecule has 2 fully saturated rings. The summed E-state index contributed by atoms with van der Waals surface area (Å²) in [5.41, 5.74) is -0.803. The smallest absolute Gasteiger partial charge is 0.348 e. The van der Waals surface area contributed by atoms with E-state index in [-0.39, 0.29) is 6.42 Å². The molecule has 1 aromatic rings. The Bertz CT molecular complexity index is 660. The molecule has 4 nitrogen and oxygen atoms in total. The molecule has 3 atom stereocenters. The number of hydrogen-bond donors (Lipinski definition) is 1. The second-order valence-electron chi connectivity index (χ2n) is 6.88. The van der Waals surface area contributed by atoms with Gasteiger partial charge in [0, 0.05) is 16.5 Å². The zero-order chi connectivity index (χ0) is 17.3. The predicted molar refractivity (Wildman–Crippen MR) is 91.3 cm³/mol. The lowest BCUT2D eigenvalue weighted by Gasteiger charge is -2.38. The highest BCUT2D eigenvalue weighted by Crippen LogP contribution is 2.47. The van der Waals surface area contributed by atoms with Crippen LogP contribution in [0.25, 0.3) is 0 Å². The van der Waals surface area contributed by atoms with Crippen molar-refractivity contribution in [1.82, 2.24) is 0 Å². The highest BCUT2D eigenvalue weighted by Gasteiger charge is 2.50. The maximum Gasteiger partial charge on any atom is 0.348 e. The number of halogens is 2. The van der Waals surface area contributed by atoms with Gasteiger partial charge in [0.25, 0.3) is 0 Å². The Labute approximate surface area is 151 Å². The number of carboxylic acid groups (broad SMARTS) is 1. The van der Waals surface area contributed by atoms with Crippen molar-refractivity contribution < 1.29 is 19.4 Å². The van der Waals surface area contributed by atoms with Gasteiger partial charge in [-0.15, -0.1) is 0 Å². The van der Waals surface area contributed by atoms with Crippen molar-refractivity contribution in [1.29, 1.82) is 0 Å². The summed E-state index contributed by atoms with van der Waals surface area (Å²) in [6, 6.07) is 4.86. The molecule has 0 saturated heterocycles. The lowest BCUT2D eigenvalue weighted by atomic mass is 9.73. The van der Waals surface area contributed by atoms with E-state index in [1.165, 1.54) is 0 Å². The van der Waals surface area contributed by atoms with E-state index in [0.717, 1.165) is 25.7 Å². The first kappa shape index (κ1) is 17.6. The number of fused-ring (bicyclic) bond motifs is 1. The zero-order valence-electron chi connectivity index (χ0n) is 13.3. The number of carbonyl (C=O) groups excluding carboxylic acids is 1. The van der Waals surface area contributed by atoms with Crippen LogP contribution < -0.4 is 0 Å². The van der Waals surface area contributed by atoms with Gasteiger partial charge in [0.2, 0.25) is 5.60 Å². The van der Waals surface area contributed by atoms with E-state index < -0.39 is 17.5 Å². The van der Waals surface area contributed by atoms with Crippen LogP contribution in [0.3, 0.4) is 0 Å². The Morgan fingerprint density at radius 2 is 1.96 bits per heavy atom. The minimum Gasteiger partial charge on any atom is -0.478 e. The first-order valence-electron chi connectivity index (χ1n) is 8.29. The fourth-order valence-corrected chi connectivity index (χ4v) is 4.59. The summed E-state index contributed by atoms with van der Waals surface area (Å²) in [5.74, 6) is -0.662. The first-order chi connectivity index (χ1) is 11.4. The summed E-state index contributed by atoms with van der Waals surface area (Å²) in [6.07, 6.45) is 4.90. The molecular formula is C18H20Cl2O4. The van der Waals surface area contributed by atoms with E-state index in [1.807, 2.05) is 0 Å². The first-order valence-corrected chi connectivity index (χ1v) is 9.04. The normalized spacial score (nSPS) is 29.1. The van der Waals surface area contributed by atoms with Crippen molar-refractivity contribution in [2.24, 2.45) is 11.8 Å². The van der Waals surface area contributed by atoms with Crippen LogP contribution in [0.5, 0.6) is 0 Å². The molecule has 3 unspecified atom stereocenters. The van der Waals surface area contributed by atoms with Crippen LogP contribution in [0.2, 0.25) is 10.0 Å². The SMILES string of the molecule is O=C(Cc1ccc(Cl)cc1Cl)OC1(C(=O)O)CCC2CCCC2C1. The van der Waals surface area contributed by atoms with E-state index in [2.05, 4.69) is 0 Å². The number of carbonyl (C=O) groups is 2. The third kappa shape index (κ3) is 3.55. The standard InChI is InChI=1S/C18H20Cl2O4/c19-14-5-4-12(15(20)9-14)8-16(21)24-18(17(22)23)7-6-11-2-1-3-13(11)10-18/h4-5,9,11,13H,1-3,6-8,10H2,(H,22,23). The van der Waals surface area contributed by atoms with Gasteiger partial charge in [-0.2, -0.15) is 0 Å². The van der Waals surface area contributed by atoms with E-state index in [4.69, 9.17) is 27.9 Å². The predicted octanol–water partition coefficient (Wildman–Crippen LogP) is 4.50. The Morgan fingerprint density at radius 3 is 2.67 bits per heavy atom. The van der Waals surface area contributed by atoms with Crippen LogP contribution in [-0.4, -0.2) is 22.6 Å². The lowest BCUT2D eigenvalue weighted by Crippen LogP contribution is -2.48. The summed E-state index contributed by atoms with van der Waals surface area (Å²) in [5, 5.41) is 10.6. The minimum absolute atomic E-state index is 0.0564. The zero-order valence-corrected chi connectivity index (χ0v) is 14.8. The summed E-state index contributed by atoms with van der Waals surface area (Å²) < 4.78 is 5.51. The van der Waals surface area contributed by atoms with Gasteiger partial charge in [0.1, 0.15) is 0 Å². The van der Waals surface area contributed by atoms with Gasteiger partial charge < -0.3 is 9.84 Å². The summed E-state index contributed by atoms with van der Waals surface area (Å²) in [6.45, 7) is 0. The van der Waals surface area contributed by atoms with Crippen molar-refractivity contribution in [2.45, 2.75) is 50.5 Å². The molecule has 2 aliphatic carbocycles. The largest absolute Gasteiger partial charge is 0.478 e. The molecule has 130 valence electrons. The molecule has 1 aromatic carbocycles. The highest BCUT2D eigenvalue weighted by molar-refractivity contribution is 6.35. The molecule has 2 saturated carbocycles. The van der Waals surface area contributed by atoms with Gasteiger partial charge in [-0.1, -0.05) is 48.5 Å². The quantitative estimate of drug-likeness (QED) is 0.792. The van der Waals surface area contributed by atoms with Crippen molar-refractivity contribution in [3.05, 3.63) is 33.8 Å². The average molecular weight is 371 g/mol. The Morgan fingerprint density at radius 1 is 1.21 bits per heavy atom. The molecule has 0 bridgehead atoms. The van der Waals surface area contributed by atoms with Crippen molar-refractivity contribution in [2.75, 3.05) is 0 Å². The third-order valence-corrected chi connectivity index (χ3v) is 5.96. The Balaban J connectivity index is 1.71. The van der Waals surface area contributed by atoms with Crippen molar-refractivity contribution in [3.63, 3.8) is 0 Å². The Kier molecular flexibility index (Phi) is 5.07. The number of benzene rings is 1. The minimum atomic E-state index is -1.39. The molecule has 24 heavy (non-hydrogen) atoms. The summed E-state index contributed by atoms with van der Waals surface area (Å²) in [4.78, 5) is 24.2. The molecule has 0 aromatic heterocycles. The van der Waals surface area contributed by atoms with E-state index >= 15 is 0 Å². The second kappa shape index (κ2) is 6.93. The van der Waals surface area contributed by atoms with Gasteiger partial charge >= 0.3 is 11.9 Å². The van der Waals surface area contributed by atoms with Gasteiger partial charge in [0.15, 0.2) is 0 Å². The summed E-state index contributed by atoms with van der Waals surface area (Å²) in [7, 11) is 0.